The Morgan fingerprint density at radius 1 is 1.37 bits per heavy atom. The van der Waals surface area contributed by atoms with Gasteiger partial charge in [0.1, 0.15) is 11.9 Å². The second-order valence-corrected chi connectivity index (χ2v) is 4.44. The predicted molar refractivity (Wildman–Crippen MR) is 65.3 cm³/mol. The normalized spacial score (nSPS) is 22.6. The Balaban J connectivity index is 1.59. The van der Waals surface area contributed by atoms with Gasteiger partial charge in [-0.25, -0.2) is 4.39 Å². The number of para-hydroxylation sites is 1. The fourth-order valence-corrected chi connectivity index (χ4v) is 2.01. The topological polar surface area (TPSA) is 60.2 Å². The van der Waals surface area contributed by atoms with Gasteiger partial charge in [0.25, 0.3) is 0 Å². The fraction of sp³-hybridized carbons (Fsp3) is 0.385. The summed E-state index contributed by atoms with van der Waals surface area (Å²) in [5.74, 6) is 1.63. The Bertz CT molecular complexity index is 532. The number of nitrogens with one attached hydrogen (secondary N) is 1. The van der Waals surface area contributed by atoms with Gasteiger partial charge in [-0.3, -0.25) is 0 Å². The molecular weight excluding hydrogens is 249 g/mol. The van der Waals surface area contributed by atoms with Crippen molar-refractivity contribution in [3.05, 3.63) is 42.0 Å². The standard InChI is InChI=1S/C13H14FN3O2/c14-9-6-11(15-7-9)13-16-12(17-19-13)8-18-10-4-2-1-3-5-10/h1-5,9,11,15H,6-8H2/t9-,11+/m0/s1. The van der Waals surface area contributed by atoms with Crippen LogP contribution in [0.25, 0.3) is 0 Å². The monoisotopic (exact) mass is 263 g/mol. The van der Waals surface area contributed by atoms with Crippen LogP contribution in [0.4, 0.5) is 4.39 Å². The zero-order valence-electron chi connectivity index (χ0n) is 10.3. The van der Waals surface area contributed by atoms with E-state index in [1.165, 1.54) is 0 Å². The Hall–Kier alpha value is -1.95. The van der Waals surface area contributed by atoms with Gasteiger partial charge in [0.05, 0.1) is 6.04 Å². The molecule has 3 rings (SSSR count). The van der Waals surface area contributed by atoms with E-state index in [2.05, 4.69) is 15.5 Å². The van der Waals surface area contributed by atoms with Gasteiger partial charge in [-0.2, -0.15) is 4.98 Å². The smallest absolute Gasteiger partial charge is 0.244 e. The first-order valence-corrected chi connectivity index (χ1v) is 6.19. The van der Waals surface area contributed by atoms with Crippen LogP contribution in [0, 0.1) is 0 Å². The van der Waals surface area contributed by atoms with Crippen molar-refractivity contribution in [3.8, 4) is 5.75 Å². The largest absolute Gasteiger partial charge is 0.485 e. The van der Waals surface area contributed by atoms with E-state index < -0.39 is 6.17 Å². The van der Waals surface area contributed by atoms with E-state index in [1.54, 1.807) is 0 Å². The first-order valence-electron chi connectivity index (χ1n) is 6.19. The number of rotatable bonds is 4. The summed E-state index contributed by atoms with van der Waals surface area (Å²) in [5.41, 5.74) is 0. The predicted octanol–water partition coefficient (Wildman–Crippen LogP) is 2.02. The molecular formula is C13H14FN3O2. The highest BCUT2D eigenvalue weighted by molar-refractivity contribution is 5.20. The van der Waals surface area contributed by atoms with Crippen LogP contribution in [0.15, 0.2) is 34.9 Å². The molecule has 0 bridgehead atoms. The molecule has 5 nitrogen and oxygen atoms in total. The maximum atomic E-state index is 13.1. The summed E-state index contributed by atoms with van der Waals surface area (Å²) >= 11 is 0. The van der Waals surface area contributed by atoms with Crippen LogP contribution in [0.3, 0.4) is 0 Å². The lowest BCUT2D eigenvalue weighted by Crippen LogP contribution is -2.14. The van der Waals surface area contributed by atoms with Crippen molar-refractivity contribution < 1.29 is 13.7 Å². The van der Waals surface area contributed by atoms with E-state index in [1.807, 2.05) is 30.3 Å². The third-order valence-corrected chi connectivity index (χ3v) is 2.97. The third kappa shape index (κ3) is 2.90. The van der Waals surface area contributed by atoms with E-state index in [0.29, 0.717) is 24.7 Å². The van der Waals surface area contributed by atoms with Crippen LogP contribution in [0.2, 0.25) is 0 Å². The molecule has 1 aromatic heterocycles. The van der Waals surface area contributed by atoms with Crippen molar-refractivity contribution in [2.75, 3.05) is 6.54 Å². The number of nitrogens with zero attached hydrogens (tertiary/aromatic N) is 2. The van der Waals surface area contributed by atoms with E-state index in [0.717, 1.165) is 5.75 Å². The molecule has 1 aliphatic heterocycles. The molecule has 1 aromatic carbocycles. The highest BCUT2D eigenvalue weighted by atomic mass is 19.1. The van der Waals surface area contributed by atoms with Crippen molar-refractivity contribution >= 4 is 0 Å². The summed E-state index contributed by atoms with van der Waals surface area (Å²) in [6.45, 7) is 0.572. The van der Waals surface area contributed by atoms with E-state index in [4.69, 9.17) is 9.26 Å². The summed E-state index contributed by atoms with van der Waals surface area (Å²) in [6, 6.07) is 9.22. The van der Waals surface area contributed by atoms with Crippen molar-refractivity contribution in [3.63, 3.8) is 0 Å². The molecule has 1 N–H and O–H groups in total. The van der Waals surface area contributed by atoms with Gasteiger partial charge in [0.15, 0.2) is 6.61 Å². The van der Waals surface area contributed by atoms with E-state index in [-0.39, 0.29) is 12.6 Å². The molecule has 2 aromatic rings. The minimum absolute atomic E-state index is 0.187. The van der Waals surface area contributed by atoms with E-state index >= 15 is 0 Å². The number of hydrogen-bond acceptors (Lipinski definition) is 5. The fourth-order valence-electron chi connectivity index (χ4n) is 2.01. The molecule has 1 saturated heterocycles. The maximum Gasteiger partial charge on any atom is 0.244 e. The summed E-state index contributed by atoms with van der Waals surface area (Å²) < 4.78 is 23.7. The van der Waals surface area contributed by atoms with Gasteiger partial charge < -0.3 is 14.6 Å². The van der Waals surface area contributed by atoms with Crippen molar-refractivity contribution in [2.45, 2.75) is 25.2 Å². The first kappa shape index (κ1) is 12.1. The van der Waals surface area contributed by atoms with Crippen LogP contribution in [0.1, 0.15) is 24.2 Å². The summed E-state index contributed by atoms with van der Waals surface area (Å²) in [4.78, 5) is 4.21. The molecule has 0 unspecified atom stereocenters. The minimum Gasteiger partial charge on any atom is -0.485 e. The first-order chi connectivity index (χ1) is 9.31. The summed E-state index contributed by atoms with van der Waals surface area (Å²) in [6.07, 6.45) is -0.470. The molecule has 0 radical (unpaired) electrons. The molecule has 2 heterocycles. The number of aromatic nitrogens is 2. The molecule has 6 heteroatoms. The second-order valence-electron chi connectivity index (χ2n) is 4.44. The molecule has 0 aliphatic carbocycles. The number of ether oxygens (including phenoxy) is 1. The SMILES string of the molecule is F[C@@H]1CN[C@@H](c2nc(COc3ccccc3)no2)C1. The highest BCUT2D eigenvalue weighted by Crippen LogP contribution is 2.23. The zero-order valence-corrected chi connectivity index (χ0v) is 10.3. The van der Waals surface area contributed by atoms with Gasteiger partial charge in [-0.1, -0.05) is 23.4 Å². The van der Waals surface area contributed by atoms with Crippen molar-refractivity contribution in [1.29, 1.82) is 0 Å². The second kappa shape index (κ2) is 5.36. The van der Waals surface area contributed by atoms with Crippen LogP contribution in [-0.2, 0) is 6.61 Å². The van der Waals surface area contributed by atoms with Crippen molar-refractivity contribution in [2.24, 2.45) is 0 Å². The molecule has 100 valence electrons. The van der Waals surface area contributed by atoms with Gasteiger partial charge >= 0.3 is 0 Å². The molecule has 0 spiro atoms. The molecule has 2 atom stereocenters. The lowest BCUT2D eigenvalue weighted by Gasteiger charge is -2.02. The Labute approximate surface area is 109 Å². The summed E-state index contributed by atoms with van der Waals surface area (Å²) in [7, 11) is 0. The molecule has 1 aliphatic rings. The van der Waals surface area contributed by atoms with Crippen LogP contribution in [0.5, 0.6) is 5.75 Å². The van der Waals surface area contributed by atoms with Gasteiger partial charge in [0.2, 0.25) is 11.7 Å². The third-order valence-electron chi connectivity index (χ3n) is 2.97. The number of halogens is 1. The number of benzene rings is 1. The van der Waals surface area contributed by atoms with Gasteiger partial charge in [0, 0.05) is 13.0 Å². The molecule has 1 fully saturated rings. The molecule has 0 amide bonds. The number of hydrogen-bond donors (Lipinski definition) is 1. The Morgan fingerprint density at radius 2 is 2.21 bits per heavy atom. The van der Waals surface area contributed by atoms with E-state index in [9.17, 15) is 4.39 Å². The lowest BCUT2D eigenvalue weighted by molar-refractivity contribution is 0.282. The maximum absolute atomic E-state index is 13.1. The summed E-state index contributed by atoms with van der Waals surface area (Å²) in [5, 5.41) is 6.83. The van der Waals surface area contributed by atoms with Crippen LogP contribution >= 0.6 is 0 Å². The Kier molecular flexibility index (Phi) is 3.41. The quantitative estimate of drug-likeness (QED) is 0.914. The van der Waals surface area contributed by atoms with Gasteiger partial charge in [-0.05, 0) is 12.1 Å². The number of alkyl halides is 1. The van der Waals surface area contributed by atoms with Crippen molar-refractivity contribution in [1.82, 2.24) is 15.5 Å². The average Bonchev–Trinajstić information content (AvgIpc) is 3.06. The Morgan fingerprint density at radius 3 is 2.95 bits per heavy atom. The van der Waals surface area contributed by atoms with Crippen LogP contribution < -0.4 is 10.1 Å². The van der Waals surface area contributed by atoms with Gasteiger partial charge in [-0.15, -0.1) is 0 Å². The zero-order chi connectivity index (χ0) is 13.1. The lowest BCUT2D eigenvalue weighted by atomic mass is 10.2. The molecule has 0 saturated carbocycles. The molecule has 19 heavy (non-hydrogen) atoms. The minimum atomic E-state index is -0.846. The highest BCUT2D eigenvalue weighted by Gasteiger charge is 2.29. The average molecular weight is 263 g/mol. The van der Waals surface area contributed by atoms with Crippen LogP contribution in [-0.4, -0.2) is 22.9 Å².